The van der Waals surface area contributed by atoms with Crippen molar-refractivity contribution in [2.75, 3.05) is 92.2 Å². The molecule has 1 atom stereocenters. The number of piperazine rings is 1. The van der Waals surface area contributed by atoms with Crippen LogP contribution in [-0.2, 0) is 20.8 Å². The van der Waals surface area contributed by atoms with Crippen molar-refractivity contribution < 1.29 is 32.8 Å². The van der Waals surface area contributed by atoms with Crippen molar-refractivity contribution in [3.63, 3.8) is 0 Å². The first-order chi connectivity index (χ1) is 31.4. The molecule has 3 amide bonds. The summed E-state index contributed by atoms with van der Waals surface area (Å²) in [6.45, 7) is 7.56. The number of nitrogens with zero attached hydrogens (tertiary/aromatic N) is 6. The molecule has 5 aliphatic heterocycles. The molecular formula is C47H56BrF2N9O5P. The lowest BCUT2D eigenvalue weighted by molar-refractivity contribution is -0.138. The molecule has 65 heavy (non-hydrogen) atoms. The van der Waals surface area contributed by atoms with Gasteiger partial charge in [0.15, 0.2) is 0 Å². The maximum absolute atomic E-state index is 15.2. The molecule has 5 aliphatic rings. The molecule has 0 aliphatic carbocycles. The number of rotatable bonds is 12. The second kappa shape index (κ2) is 19.1. The molecule has 3 aromatic carbocycles. The van der Waals surface area contributed by atoms with Crippen LogP contribution in [0.25, 0.3) is 0 Å². The Hall–Kier alpha value is -4.96. The Balaban J connectivity index is 0.772. The Bertz CT molecular complexity index is 2430. The number of benzene rings is 3. The van der Waals surface area contributed by atoms with Crippen molar-refractivity contribution in [2.24, 2.45) is 5.92 Å². The van der Waals surface area contributed by atoms with Crippen LogP contribution in [0.5, 0.6) is 5.75 Å². The van der Waals surface area contributed by atoms with Crippen molar-refractivity contribution in [3.05, 3.63) is 82.0 Å². The minimum Gasteiger partial charge on any atom is -0.494 e. The number of ether oxygens (including phenoxy) is 1. The molecule has 1 radical (unpaired) electrons. The van der Waals surface area contributed by atoms with Crippen LogP contribution in [0.3, 0.4) is 0 Å². The first-order valence-corrected chi connectivity index (χ1v) is 25.6. The largest absolute Gasteiger partial charge is 0.494 e. The number of methoxy groups -OCH3 is 1. The van der Waals surface area contributed by atoms with E-state index >= 15 is 8.78 Å². The third-order valence-corrected chi connectivity index (χ3v) is 17.9. The fraction of sp³-hybridized carbons (Fsp3) is 0.468. The van der Waals surface area contributed by atoms with Gasteiger partial charge in [0.25, 0.3) is 0 Å². The van der Waals surface area contributed by atoms with Crippen molar-refractivity contribution in [3.8, 4) is 5.75 Å². The van der Waals surface area contributed by atoms with Crippen LogP contribution in [0, 0.1) is 17.6 Å². The van der Waals surface area contributed by atoms with Gasteiger partial charge in [-0.1, -0.05) is 25.1 Å². The highest BCUT2D eigenvalue weighted by atomic mass is 79.9. The van der Waals surface area contributed by atoms with Gasteiger partial charge in [-0.2, -0.15) is 4.98 Å². The molecular weight excluding hydrogens is 919 g/mol. The first kappa shape index (κ1) is 45.2. The van der Waals surface area contributed by atoms with E-state index in [2.05, 4.69) is 65.7 Å². The van der Waals surface area contributed by atoms with Gasteiger partial charge in [0.05, 0.1) is 29.1 Å². The zero-order chi connectivity index (χ0) is 45.4. The van der Waals surface area contributed by atoms with Crippen LogP contribution in [-0.4, -0.2) is 120 Å². The third-order valence-electron chi connectivity index (χ3n) is 13.9. The number of imide groups is 1. The summed E-state index contributed by atoms with van der Waals surface area (Å²) in [6.07, 6.45) is 8.41. The average molecular weight is 976 g/mol. The lowest BCUT2D eigenvalue weighted by atomic mass is 9.89. The van der Waals surface area contributed by atoms with Crippen LogP contribution in [0.15, 0.2) is 59.2 Å². The fourth-order valence-corrected chi connectivity index (χ4v) is 13.6. The third kappa shape index (κ3) is 9.39. The van der Waals surface area contributed by atoms with Gasteiger partial charge in [-0.15, -0.1) is 0 Å². The quantitative estimate of drug-likeness (QED) is 0.0884. The van der Waals surface area contributed by atoms with Gasteiger partial charge in [-0.3, -0.25) is 24.6 Å². The molecule has 6 heterocycles. The van der Waals surface area contributed by atoms with E-state index in [-0.39, 0.29) is 30.2 Å². The van der Waals surface area contributed by atoms with E-state index in [9.17, 15) is 19.3 Å². The molecule has 0 spiro atoms. The van der Waals surface area contributed by atoms with E-state index < -0.39 is 36.9 Å². The number of anilines is 6. The topological polar surface area (TPSA) is 156 Å². The zero-order valence-electron chi connectivity index (χ0n) is 36.8. The molecule has 1 aromatic heterocycles. The molecule has 18 heteroatoms. The molecule has 5 fully saturated rings. The minimum absolute atomic E-state index is 0.0303. The fourth-order valence-electron chi connectivity index (χ4n) is 10.2. The van der Waals surface area contributed by atoms with Crippen LogP contribution < -0.4 is 35.8 Å². The number of nitrogens with one attached hydrogen (secondary N) is 3. The summed E-state index contributed by atoms with van der Waals surface area (Å²) in [7, 11) is -0.531. The van der Waals surface area contributed by atoms with Crippen molar-refractivity contribution in [1.29, 1.82) is 0 Å². The number of piperidine rings is 2. The Morgan fingerprint density at radius 1 is 0.938 bits per heavy atom. The molecule has 4 aromatic rings. The normalized spacial score (nSPS) is 20.7. The van der Waals surface area contributed by atoms with E-state index in [1.54, 1.807) is 18.2 Å². The standard InChI is InChI=1S/C47H56BrF2N9O5P/c1-3-29-22-38(53-47-51-26-34(48)44(55-47)52-37-8-4-5-9-41(37)65(63)20-6-7-21-65)40(64-2)25-39(29)57-14-12-31(13-15-57)56-16-18-58(19-17-56)46(62)30-27-59(28-30)32-23-35(49)43(36(50)24-32)33-10-11-42(60)54-45(33)61/h4-5,8-9,22-26,30-31,33,63H,3,6-7,10-21,27-28H2,1-2H3,(H,54,60,61)(H2,51,52,53,55). The molecule has 9 rings (SSSR count). The van der Waals surface area contributed by atoms with Gasteiger partial charge in [0, 0.05) is 113 Å². The SMILES string of the molecule is CCc1cc(Nc2ncc(Br)c(Nc3ccccc3[P]3(O)CCCC3)n2)c(OC)cc1N1CCC(N2CCN(C(=O)C3CN(c4cc(F)c(C5CCC(=O)NC5=O)c(F)c4)C3)CC2)CC1. The lowest BCUT2D eigenvalue weighted by Crippen LogP contribution is -2.59. The van der Waals surface area contributed by atoms with E-state index in [0.717, 1.165) is 93.0 Å². The number of hydrogen-bond acceptors (Lipinski definition) is 12. The Morgan fingerprint density at radius 3 is 2.32 bits per heavy atom. The number of hydrogen-bond donors (Lipinski definition) is 4. The zero-order valence-corrected chi connectivity index (χ0v) is 39.3. The van der Waals surface area contributed by atoms with Crippen molar-refractivity contribution in [2.45, 2.75) is 63.8 Å². The summed E-state index contributed by atoms with van der Waals surface area (Å²) in [6, 6.07) is 15.1. The Morgan fingerprint density at radius 2 is 1.65 bits per heavy atom. The predicted octanol–water partition coefficient (Wildman–Crippen LogP) is 6.69. The van der Waals surface area contributed by atoms with Gasteiger partial charge in [-0.25, -0.2) is 13.8 Å². The average Bonchev–Trinajstić information content (AvgIpc) is 3.74. The van der Waals surface area contributed by atoms with Crippen LogP contribution in [0.4, 0.5) is 43.3 Å². The molecule has 0 saturated carbocycles. The Kier molecular flexibility index (Phi) is 13.3. The van der Waals surface area contributed by atoms with Crippen molar-refractivity contribution >= 4 is 81.0 Å². The number of aromatic nitrogens is 2. The predicted molar refractivity (Wildman–Crippen MR) is 253 cm³/mol. The number of halogens is 3. The summed E-state index contributed by atoms with van der Waals surface area (Å²) in [5.74, 6) is -2.30. The minimum atomic E-state index is -2.20. The summed E-state index contributed by atoms with van der Waals surface area (Å²) in [5, 5.41) is 10.0. The maximum Gasteiger partial charge on any atom is 0.234 e. The highest BCUT2D eigenvalue weighted by Crippen LogP contribution is 2.60. The summed E-state index contributed by atoms with van der Waals surface area (Å²) < 4.78 is 37.0. The van der Waals surface area contributed by atoms with E-state index in [1.165, 1.54) is 17.7 Å². The highest BCUT2D eigenvalue weighted by Gasteiger charge is 2.39. The van der Waals surface area contributed by atoms with Gasteiger partial charge in [0.1, 0.15) is 23.2 Å². The van der Waals surface area contributed by atoms with Crippen molar-refractivity contribution in [1.82, 2.24) is 25.1 Å². The van der Waals surface area contributed by atoms with E-state index in [1.807, 2.05) is 29.2 Å². The molecule has 14 nitrogen and oxygen atoms in total. The summed E-state index contributed by atoms with van der Waals surface area (Å²) in [5.41, 5.74) is 3.99. The molecule has 345 valence electrons. The number of aryl methyl sites for hydroxylation is 1. The highest BCUT2D eigenvalue weighted by molar-refractivity contribution is 9.10. The first-order valence-electron chi connectivity index (χ1n) is 22.7. The van der Waals surface area contributed by atoms with Gasteiger partial charge >= 0.3 is 0 Å². The van der Waals surface area contributed by atoms with Gasteiger partial charge < -0.3 is 35.0 Å². The number of para-hydroxylation sites is 1. The van der Waals surface area contributed by atoms with E-state index in [4.69, 9.17) is 9.72 Å². The molecule has 1 unspecified atom stereocenters. The molecule has 0 bridgehead atoms. The van der Waals surface area contributed by atoms with E-state index in [0.29, 0.717) is 59.9 Å². The second-order valence-corrected chi connectivity index (χ2v) is 21.9. The number of amides is 3. The molecule has 4 N–H and O–H groups in total. The smallest absolute Gasteiger partial charge is 0.234 e. The lowest BCUT2D eigenvalue weighted by Gasteiger charge is -2.46. The number of carbonyl (C=O) groups is 3. The molecule has 5 saturated heterocycles. The van der Waals surface area contributed by atoms with Crippen LogP contribution in [0.2, 0.25) is 0 Å². The summed E-state index contributed by atoms with van der Waals surface area (Å²) in [4.78, 5) is 66.9. The monoisotopic (exact) mass is 974 g/mol. The maximum atomic E-state index is 15.2. The van der Waals surface area contributed by atoms with Crippen LogP contribution >= 0.6 is 23.4 Å². The summed E-state index contributed by atoms with van der Waals surface area (Å²) >= 11 is 3.62. The Labute approximate surface area is 387 Å². The second-order valence-electron chi connectivity index (χ2n) is 17.8. The van der Waals surface area contributed by atoms with Gasteiger partial charge in [0.2, 0.25) is 23.7 Å². The number of carbonyl (C=O) groups excluding carboxylic acids is 3. The van der Waals surface area contributed by atoms with Gasteiger partial charge in [-0.05, 0) is 96.6 Å². The van der Waals surface area contributed by atoms with Crippen LogP contribution in [0.1, 0.15) is 62.5 Å².